The summed E-state index contributed by atoms with van der Waals surface area (Å²) in [4.78, 5) is 26.2. The molecule has 0 atom stereocenters. The normalized spacial score (nSPS) is 14.3. The van der Waals surface area contributed by atoms with E-state index in [-0.39, 0.29) is 11.6 Å². The molecule has 1 fully saturated rings. The van der Waals surface area contributed by atoms with Gasteiger partial charge in [0.15, 0.2) is 0 Å². The number of benzene rings is 2. The zero-order chi connectivity index (χ0) is 22.2. The van der Waals surface area contributed by atoms with Crippen LogP contribution in [0.4, 0.5) is 11.6 Å². The van der Waals surface area contributed by atoms with Crippen LogP contribution in [-0.4, -0.2) is 19.5 Å². The lowest BCUT2D eigenvalue weighted by Gasteiger charge is -2.18. The smallest absolute Gasteiger partial charge is 0.256 e. The van der Waals surface area contributed by atoms with E-state index >= 15 is 0 Å². The summed E-state index contributed by atoms with van der Waals surface area (Å²) in [5, 5.41) is 5.34. The predicted molar refractivity (Wildman–Crippen MR) is 132 cm³/mol. The van der Waals surface area contributed by atoms with E-state index in [1.807, 2.05) is 59.4 Å². The topological polar surface area (TPSA) is 75.6 Å². The average Bonchev–Trinajstić information content (AvgIpc) is 3.52. The Hall–Kier alpha value is -3.93. The molecular formula is C27H25N5O. The fourth-order valence-corrected chi connectivity index (χ4v) is 4.94. The van der Waals surface area contributed by atoms with Gasteiger partial charge >= 0.3 is 0 Å². The van der Waals surface area contributed by atoms with Crippen LogP contribution in [0.2, 0.25) is 0 Å². The fourth-order valence-electron chi connectivity index (χ4n) is 4.94. The van der Waals surface area contributed by atoms with Gasteiger partial charge in [-0.25, -0.2) is 4.98 Å². The van der Waals surface area contributed by atoms with Crippen molar-refractivity contribution >= 4 is 33.6 Å². The Morgan fingerprint density at radius 3 is 2.70 bits per heavy atom. The second kappa shape index (κ2) is 8.20. The number of hydrogen-bond donors (Lipinski definition) is 2. The number of H-pyrrole nitrogens is 1. The minimum Gasteiger partial charge on any atom is -0.361 e. The highest BCUT2D eigenvalue weighted by atomic mass is 16.1. The summed E-state index contributed by atoms with van der Waals surface area (Å²) >= 11 is 0. The van der Waals surface area contributed by atoms with E-state index in [1.54, 1.807) is 0 Å². The summed E-state index contributed by atoms with van der Waals surface area (Å²) in [7, 11) is 0. The first-order valence-electron chi connectivity index (χ1n) is 11.5. The SMILES string of the molecule is O=c1c(Cc2ccccc2)cc2cnc(Nc3ccc4[nH]ccc4c3)nc2n1C1CCCC1. The predicted octanol–water partition coefficient (Wildman–Crippen LogP) is 5.72. The van der Waals surface area contributed by atoms with Crippen molar-refractivity contribution in [2.24, 2.45) is 0 Å². The standard InChI is InChI=1S/C27H25N5O/c33-26-20(14-18-6-2-1-3-7-18)15-21-17-29-27(31-25(21)32(26)23-8-4-5-9-23)30-22-10-11-24-19(16-22)12-13-28-24/h1-3,6-7,10-13,15-17,23,28H,4-5,8-9,14H2,(H,29,30,31). The molecule has 0 radical (unpaired) electrons. The molecule has 1 aliphatic rings. The van der Waals surface area contributed by atoms with Crippen molar-refractivity contribution in [1.82, 2.24) is 19.5 Å². The maximum absolute atomic E-state index is 13.6. The largest absolute Gasteiger partial charge is 0.361 e. The molecule has 1 saturated carbocycles. The Labute approximate surface area is 191 Å². The molecule has 0 saturated heterocycles. The van der Waals surface area contributed by atoms with Crippen LogP contribution >= 0.6 is 0 Å². The molecule has 1 aliphatic carbocycles. The first-order valence-corrected chi connectivity index (χ1v) is 11.5. The zero-order valence-corrected chi connectivity index (χ0v) is 18.3. The quantitative estimate of drug-likeness (QED) is 0.370. The van der Waals surface area contributed by atoms with E-state index in [1.165, 1.54) is 0 Å². The number of nitrogens with one attached hydrogen (secondary N) is 2. The Morgan fingerprint density at radius 2 is 1.85 bits per heavy atom. The third-order valence-corrected chi connectivity index (χ3v) is 6.58. The van der Waals surface area contributed by atoms with Gasteiger partial charge in [-0.1, -0.05) is 43.2 Å². The summed E-state index contributed by atoms with van der Waals surface area (Å²) < 4.78 is 1.93. The molecule has 6 heteroatoms. The van der Waals surface area contributed by atoms with Gasteiger partial charge in [0, 0.05) is 52.4 Å². The molecule has 3 aromatic heterocycles. The van der Waals surface area contributed by atoms with Crippen molar-refractivity contribution in [2.45, 2.75) is 38.1 Å². The summed E-state index contributed by atoms with van der Waals surface area (Å²) in [5.41, 5.74) is 4.70. The highest BCUT2D eigenvalue weighted by Crippen LogP contribution is 2.31. The van der Waals surface area contributed by atoms with Gasteiger partial charge in [0.1, 0.15) is 5.65 Å². The number of aromatic amines is 1. The summed E-state index contributed by atoms with van der Waals surface area (Å²) in [6, 6.07) is 20.4. The van der Waals surface area contributed by atoms with Gasteiger partial charge in [-0.15, -0.1) is 0 Å². The Morgan fingerprint density at radius 1 is 1.00 bits per heavy atom. The van der Waals surface area contributed by atoms with Crippen molar-refractivity contribution in [3.05, 3.63) is 94.5 Å². The molecule has 3 heterocycles. The lowest BCUT2D eigenvalue weighted by atomic mass is 10.0. The van der Waals surface area contributed by atoms with Crippen LogP contribution in [0.5, 0.6) is 0 Å². The minimum absolute atomic E-state index is 0.0663. The van der Waals surface area contributed by atoms with Gasteiger partial charge in [-0.2, -0.15) is 4.98 Å². The molecule has 164 valence electrons. The number of hydrogen-bond acceptors (Lipinski definition) is 4. The second-order valence-electron chi connectivity index (χ2n) is 8.82. The van der Waals surface area contributed by atoms with Crippen LogP contribution in [0.1, 0.15) is 42.9 Å². The van der Waals surface area contributed by atoms with Crippen LogP contribution in [0, 0.1) is 0 Å². The number of anilines is 2. The van der Waals surface area contributed by atoms with Gasteiger partial charge < -0.3 is 10.3 Å². The van der Waals surface area contributed by atoms with Gasteiger partial charge in [0.05, 0.1) is 0 Å². The molecule has 6 rings (SSSR count). The van der Waals surface area contributed by atoms with E-state index in [2.05, 4.69) is 33.5 Å². The highest BCUT2D eigenvalue weighted by molar-refractivity contribution is 5.84. The molecule has 6 nitrogen and oxygen atoms in total. The zero-order valence-electron chi connectivity index (χ0n) is 18.3. The lowest BCUT2D eigenvalue weighted by Crippen LogP contribution is -2.28. The van der Waals surface area contributed by atoms with Crippen LogP contribution < -0.4 is 10.9 Å². The number of fused-ring (bicyclic) bond motifs is 2. The lowest BCUT2D eigenvalue weighted by molar-refractivity contribution is 0.513. The van der Waals surface area contributed by atoms with Gasteiger partial charge in [0.2, 0.25) is 5.95 Å². The molecule has 2 N–H and O–H groups in total. The monoisotopic (exact) mass is 435 g/mol. The summed E-state index contributed by atoms with van der Waals surface area (Å²) in [6.07, 6.45) is 8.69. The van der Waals surface area contributed by atoms with Gasteiger partial charge in [-0.3, -0.25) is 9.36 Å². The third-order valence-electron chi connectivity index (χ3n) is 6.58. The van der Waals surface area contributed by atoms with Crippen molar-refractivity contribution in [2.75, 3.05) is 5.32 Å². The summed E-state index contributed by atoms with van der Waals surface area (Å²) in [6.45, 7) is 0. The van der Waals surface area contributed by atoms with E-state index in [0.29, 0.717) is 18.0 Å². The molecular weight excluding hydrogens is 410 g/mol. The third kappa shape index (κ3) is 3.78. The van der Waals surface area contributed by atoms with E-state index in [9.17, 15) is 4.79 Å². The minimum atomic E-state index is 0.0663. The molecule has 0 amide bonds. The van der Waals surface area contributed by atoms with Crippen LogP contribution in [-0.2, 0) is 6.42 Å². The average molecular weight is 436 g/mol. The second-order valence-corrected chi connectivity index (χ2v) is 8.82. The van der Waals surface area contributed by atoms with Crippen molar-refractivity contribution in [3.8, 4) is 0 Å². The molecule has 5 aromatic rings. The first-order chi connectivity index (χ1) is 16.2. The first kappa shape index (κ1) is 19.7. The van der Waals surface area contributed by atoms with Crippen LogP contribution in [0.3, 0.4) is 0 Å². The van der Waals surface area contributed by atoms with E-state index in [0.717, 1.165) is 58.8 Å². The molecule has 2 aromatic carbocycles. The molecule has 0 unspecified atom stereocenters. The molecule has 0 aliphatic heterocycles. The number of nitrogens with zero attached hydrogens (tertiary/aromatic N) is 3. The Kier molecular flexibility index (Phi) is 4.91. The molecule has 33 heavy (non-hydrogen) atoms. The maximum Gasteiger partial charge on any atom is 0.256 e. The van der Waals surface area contributed by atoms with Crippen molar-refractivity contribution in [1.29, 1.82) is 0 Å². The number of rotatable bonds is 5. The molecule has 0 spiro atoms. The molecule has 0 bridgehead atoms. The fraction of sp³-hybridized carbons (Fsp3) is 0.222. The van der Waals surface area contributed by atoms with Crippen molar-refractivity contribution < 1.29 is 0 Å². The van der Waals surface area contributed by atoms with Gasteiger partial charge in [-0.05, 0) is 48.7 Å². The van der Waals surface area contributed by atoms with E-state index in [4.69, 9.17) is 4.98 Å². The van der Waals surface area contributed by atoms with Crippen LogP contribution in [0.15, 0.2) is 77.9 Å². The van der Waals surface area contributed by atoms with Gasteiger partial charge in [0.25, 0.3) is 5.56 Å². The Bertz CT molecular complexity index is 1500. The highest BCUT2D eigenvalue weighted by Gasteiger charge is 2.23. The maximum atomic E-state index is 13.6. The number of pyridine rings is 1. The van der Waals surface area contributed by atoms with E-state index < -0.39 is 0 Å². The number of aromatic nitrogens is 4. The van der Waals surface area contributed by atoms with Crippen LogP contribution in [0.25, 0.3) is 21.9 Å². The van der Waals surface area contributed by atoms with Crippen molar-refractivity contribution in [3.63, 3.8) is 0 Å². The summed E-state index contributed by atoms with van der Waals surface area (Å²) in [5.74, 6) is 0.499. The Balaban J connectivity index is 1.43.